The van der Waals surface area contributed by atoms with Gasteiger partial charge in [0.15, 0.2) is 3.94 Å². The van der Waals surface area contributed by atoms with E-state index >= 15 is 0 Å². The highest BCUT2D eigenvalue weighted by Crippen LogP contribution is 2.53. The highest BCUT2D eigenvalue weighted by molar-refractivity contribution is 8.35. The van der Waals surface area contributed by atoms with Crippen molar-refractivity contribution in [2.45, 2.75) is 33.6 Å². The van der Waals surface area contributed by atoms with E-state index in [2.05, 4.69) is 0 Å². The molecule has 0 atom stereocenters. The monoisotopic (exact) mass is 270 g/mol. The molecule has 15 heavy (non-hydrogen) atoms. The molecule has 0 heterocycles. The Labute approximate surface area is 102 Å². The molecule has 0 aliphatic heterocycles. The van der Waals surface area contributed by atoms with Gasteiger partial charge in [0, 0.05) is 0 Å². The van der Waals surface area contributed by atoms with Gasteiger partial charge in [-0.25, -0.2) is 0 Å². The predicted molar refractivity (Wildman–Crippen MR) is 70.8 cm³/mol. The molecule has 0 aromatic carbocycles. The van der Waals surface area contributed by atoms with Crippen LogP contribution in [0.1, 0.15) is 33.6 Å². The van der Waals surface area contributed by atoms with Crippen LogP contribution >= 0.6 is 31.6 Å². The average molecular weight is 270 g/mol. The summed E-state index contributed by atoms with van der Waals surface area (Å²) >= 11 is 6.42. The zero-order chi connectivity index (χ0) is 11.7. The number of hydrogen-bond acceptors (Lipinski definition) is 5. The fourth-order valence-corrected chi connectivity index (χ4v) is 4.15. The van der Waals surface area contributed by atoms with Crippen molar-refractivity contribution in [3.05, 3.63) is 0 Å². The van der Waals surface area contributed by atoms with Crippen LogP contribution in [-0.4, -0.2) is 22.9 Å². The molecule has 0 aliphatic carbocycles. The fourth-order valence-electron chi connectivity index (χ4n) is 0.768. The number of thioether (sulfide) groups is 1. The molecule has 0 fully saturated rings. The Morgan fingerprint density at radius 1 is 1.20 bits per heavy atom. The van der Waals surface area contributed by atoms with Crippen LogP contribution in [0.2, 0.25) is 0 Å². The van der Waals surface area contributed by atoms with Crippen molar-refractivity contribution in [2.24, 2.45) is 0 Å². The van der Waals surface area contributed by atoms with Crippen LogP contribution in [0.15, 0.2) is 0 Å². The molecule has 0 aromatic rings. The molecule has 0 rings (SSSR count). The Morgan fingerprint density at radius 2 is 1.67 bits per heavy atom. The second kappa shape index (κ2) is 8.71. The zero-order valence-electron chi connectivity index (χ0n) is 9.52. The van der Waals surface area contributed by atoms with Gasteiger partial charge in [0.25, 0.3) is 0 Å². The lowest BCUT2D eigenvalue weighted by molar-refractivity contribution is 0.217. The van der Waals surface area contributed by atoms with E-state index in [9.17, 15) is 4.57 Å². The Morgan fingerprint density at radius 3 is 2.00 bits per heavy atom. The van der Waals surface area contributed by atoms with Crippen molar-refractivity contribution >= 4 is 35.5 Å². The lowest BCUT2D eigenvalue weighted by atomic mass is 10.5. The van der Waals surface area contributed by atoms with Crippen LogP contribution in [0.25, 0.3) is 0 Å². The molecule has 0 amide bonds. The first-order valence-corrected chi connectivity index (χ1v) is 8.10. The molecule has 0 saturated heterocycles. The largest absolute Gasteiger partial charge is 0.378 e. The summed E-state index contributed by atoms with van der Waals surface area (Å²) in [6, 6.07) is 0. The average Bonchev–Trinajstić information content (AvgIpc) is 2.24. The maximum absolute atomic E-state index is 12.2. The molecule has 90 valence electrons. The molecule has 0 N–H and O–H groups in total. The summed E-state index contributed by atoms with van der Waals surface area (Å²) in [5.41, 5.74) is 0. The summed E-state index contributed by atoms with van der Waals surface area (Å²) < 4.78 is 23.1. The fraction of sp³-hybridized carbons (Fsp3) is 0.889. The van der Waals surface area contributed by atoms with E-state index in [1.165, 1.54) is 11.8 Å². The minimum absolute atomic E-state index is 0.354. The van der Waals surface area contributed by atoms with Crippen LogP contribution < -0.4 is 0 Å². The van der Waals surface area contributed by atoms with Gasteiger partial charge in [-0.3, -0.25) is 4.57 Å². The summed E-state index contributed by atoms with van der Waals surface area (Å²) in [7, 11) is -3.17. The van der Waals surface area contributed by atoms with Crippen molar-refractivity contribution < 1.29 is 13.6 Å². The van der Waals surface area contributed by atoms with Gasteiger partial charge in [-0.15, -0.1) is 11.8 Å². The van der Waals surface area contributed by atoms with Gasteiger partial charge in [0.05, 0.1) is 13.2 Å². The molecule has 6 heteroatoms. The molecule has 0 bridgehead atoms. The first-order chi connectivity index (χ1) is 7.10. The van der Waals surface area contributed by atoms with Gasteiger partial charge in [-0.2, -0.15) is 0 Å². The second-order valence-corrected chi connectivity index (χ2v) is 7.37. The zero-order valence-corrected chi connectivity index (χ0v) is 12.1. The van der Waals surface area contributed by atoms with Crippen LogP contribution in [0, 0.1) is 0 Å². The lowest BCUT2D eigenvalue weighted by Crippen LogP contribution is -2.04. The SMILES string of the molecule is CCCOP(=O)(OCCC)C(=S)SCC. The van der Waals surface area contributed by atoms with Crippen molar-refractivity contribution in [1.29, 1.82) is 0 Å². The minimum atomic E-state index is -3.17. The Kier molecular flexibility index (Phi) is 9.05. The molecule has 0 spiro atoms. The van der Waals surface area contributed by atoms with Crippen LogP contribution in [0.4, 0.5) is 0 Å². The maximum Gasteiger partial charge on any atom is 0.378 e. The van der Waals surface area contributed by atoms with Crippen LogP contribution in [0.3, 0.4) is 0 Å². The molecular formula is C9H19O3PS2. The minimum Gasteiger partial charge on any atom is -0.304 e. The van der Waals surface area contributed by atoms with E-state index in [4.69, 9.17) is 21.3 Å². The van der Waals surface area contributed by atoms with Crippen molar-refractivity contribution in [3.8, 4) is 0 Å². The van der Waals surface area contributed by atoms with E-state index < -0.39 is 7.60 Å². The normalized spacial score (nSPS) is 11.7. The van der Waals surface area contributed by atoms with Crippen molar-refractivity contribution in [1.82, 2.24) is 0 Å². The quantitative estimate of drug-likeness (QED) is 0.491. The van der Waals surface area contributed by atoms with Crippen LogP contribution in [-0.2, 0) is 13.6 Å². The Bertz CT molecular complexity index is 221. The summed E-state index contributed by atoms with van der Waals surface area (Å²) in [5, 5.41) is 0. The van der Waals surface area contributed by atoms with E-state index in [0.29, 0.717) is 17.2 Å². The van der Waals surface area contributed by atoms with Crippen LogP contribution in [0.5, 0.6) is 0 Å². The van der Waals surface area contributed by atoms with E-state index in [1.54, 1.807) is 0 Å². The second-order valence-electron chi connectivity index (χ2n) is 2.86. The molecule has 3 nitrogen and oxygen atoms in total. The molecule has 0 aromatic heterocycles. The first-order valence-electron chi connectivity index (χ1n) is 5.17. The van der Waals surface area contributed by atoms with E-state index in [1.807, 2.05) is 20.8 Å². The number of rotatable bonds is 8. The molecule has 0 aliphatic rings. The van der Waals surface area contributed by atoms with Gasteiger partial charge >= 0.3 is 7.60 Å². The highest BCUT2D eigenvalue weighted by atomic mass is 32.2. The Hall–Kier alpha value is 0.590. The molecule has 0 unspecified atom stereocenters. The number of hydrogen-bond donors (Lipinski definition) is 0. The van der Waals surface area contributed by atoms with Gasteiger partial charge in [0.1, 0.15) is 0 Å². The third kappa shape index (κ3) is 6.03. The highest BCUT2D eigenvalue weighted by Gasteiger charge is 2.30. The standard InChI is InChI=1S/C9H19O3PS2/c1-4-7-11-13(10,12-8-5-2)9(14)15-6-3/h4-8H2,1-3H3. The topological polar surface area (TPSA) is 35.5 Å². The summed E-state index contributed by atoms with van der Waals surface area (Å²) in [4.78, 5) is 0. The van der Waals surface area contributed by atoms with Gasteiger partial charge < -0.3 is 9.05 Å². The third-order valence-corrected chi connectivity index (χ3v) is 5.53. The van der Waals surface area contributed by atoms with Gasteiger partial charge in [0.2, 0.25) is 0 Å². The molecular weight excluding hydrogens is 251 g/mol. The van der Waals surface area contributed by atoms with Crippen molar-refractivity contribution in [2.75, 3.05) is 19.0 Å². The molecule has 0 radical (unpaired) electrons. The predicted octanol–water partition coefficient (Wildman–Crippen LogP) is 4.07. The maximum atomic E-state index is 12.2. The smallest absolute Gasteiger partial charge is 0.304 e. The first kappa shape index (κ1) is 15.6. The number of thiocarbonyl (C=S) groups is 1. The summed E-state index contributed by atoms with van der Waals surface area (Å²) in [6.07, 6.45) is 1.61. The van der Waals surface area contributed by atoms with E-state index in [-0.39, 0.29) is 0 Å². The van der Waals surface area contributed by atoms with Gasteiger partial charge in [-0.1, -0.05) is 33.0 Å². The Balaban J connectivity index is 4.38. The lowest BCUT2D eigenvalue weighted by Gasteiger charge is -2.17. The van der Waals surface area contributed by atoms with E-state index in [0.717, 1.165) is 18.6 Å². The molecule has 0 saturated carbocycles. The van der Waals surface area contributed by atoms with Gasteiger partial charge in [-0.05, 0) is 18.6 Å². The summed E-state index contributed by atoms with van der Waals surface area (Å²) in [6.45, 7) is 6.72. The summed E-state index contributed by atoms with van der Waals surface area (Å²) in [5.74, 6) is 0.786. The van der Waals surface area contributed by atoms with Crippen molar-refractivity contribution in [3.63, 3.8) is 0 Å². The third-order valence-electron chi connectivity index (χ3n) is 1.42.